The second-order valence-electron chi connectivity index (χ2n) is 7.19. The summed E-state index contributed by atoms with van der Waals surface area (Å²) < 4.78 is 2.10. The minimum absolute atomic E-state index is 0.214. The molecule has 1 aliphatic heterocycles. The van der Waals surface area contributed by atoms with Crippen LogP contribution in [0.25, 0.3) is 0 Å². The van der Waals surface area contributed by atoms with E-state index in [-0.39, 0.29) is 12.6 Å². The number of aromatic nitrogens is 2. The first-order valence-electron chi connectivity index (χ1n) is 9.45. The minimum Gasteiger partial charge on any atom is -0.481 e. The zero-order chi connectivity index (χ0) is 17.8. The Bertz CT molecular complexity index is 622. The molecule has 3 rings (SSSR count). The normalized spacial score (nSPS) is 21.5. The van der Waals surface area contributed by atoms with Crippen molar-refractivity contribution in [2.24, 2.45) is 5.92 Å². The maximum atomic E-state index is 12.6. The molecule has 7 heteroatoms. The third-order valence-corrected chi connectivity index (χ3v) is 5.36. The number of hydrogen-bond acceptors (Lipinski definition) is 3. The molecule has 1 saturated carbocycles. The van der Waals surface area contributed by atoms with E-state index in [2.05, 4.69) is 22.0 Å². The summed E-state index contributed by atoms with van der Waals surface area (Å²) in [6, 6.07) is 0.229. The summed E-state index contributed by atoms with van der Waals surface area (Å²) in [4.78, 5) is 25.4. The zero-order valence-corrected chi connectivity index (χ0v) is 14.9. The zero-order valence-electron chi connectivity index (χ0n) is 14.9. The van der Waals surface area contributed by atoms with Crippen molar-refractivity contribution < 1.29 is 14.7 Å². The number of nitrogens with one attached hydrogen (secondary N) is 1. The van der Waals surface area contributed by atoms with Gasteiger partial charge in [0.15, 0.2) is 0 Å². The Morgan fingerprint density at radius 3 is 2.72 bits per heavy atom. The number of amides is 2. The molecule has 25 heavy (non-hydrogen) atoms. The van der Waals surface area contributed by atoms with Crippen LogP contribution in [0.15, 0.2) is 6.20 Å². The van der Waals surface area contributed by atoms with E-state index in [1.807, 2.05) is 0 Å². The van der Waals surface area contributed by atoms with Crippen LogP contribution in [0.1, 0.15) is 63.6 Å². The Kier molecular flexibility index (Phi) is 5.60. The number of anilines is 1. The van der Waals surface area contributed by atoms with Gasteiger partial charge in [-0.25, -0.2) is 4.79 Å². The average molecular weight is 348 g/mol. The number of carbonyl (C=O) groups excluding carboxylic acids is 1. The van der Waals surface area contributed by atoms with Gasteiger partial charge in [-0.05, 0) is 32.1 Å². The number of carboxylic acids is 1. The van der Waals surface area contributed by atoms with E-state index in [1.165, 1.54) is 12.8 Å². The molecule has 2 N–H and O–H groups in total. The Labute approximate surface area is 148 Å². The summed E-state index contributed by atoms with van der Waals surface area (Å²) in [6.45, 7) is 3.01. The third-order valence-electron chi connectivity index (χ3n) is 5.36. The van der Waals surface area contributed by atoms with Crippen LogP contribution >= 0.6 is 0 Å². The number of piperidine rings is 1. The van der Waals surface area contributed by atoms with Gasteiger partial charge in [0.1, 0.15) is 0 Å². The summed E-state index contributed by atoms with van der Waals surface area (Å²) in [5.41, 5.74) is 1.87. The summed E-state index contributed by atoms with van der Waals surface area (Å²) in [7, 11) is 0. The molecule has 0 radical (unpaired) electrons. The molecular formula is C18H28N4O3. The molecule has 1 saturated heterocycles. The molecule has 0 bridgehead atoms. The van der Waals surface area contributed by atoms with Crippen molar-refractivity contribution in [2.75, 3.05) is 18.4 Å². The van der Waals surface area contributed by atoms with Crippen LogP contribution in [0.3, 0.4) is 0 Å². The molecule has 0 spiro atoms. The van der Waals surface area contributed by atoms with Gasteiger partial charge in [0.25, 0.3) is 0 Å². The molecule has 2 aliphatic rings. The molecule has 1 aromatic rings. The highest BCUT2D eigenvalue weighted by molar-refractivity contribution is 5.90. The molecule has 1 aromatic heterocycles. The van der Waals surface area contributed by atoms with E-state index in [9.17, 15) is 14.7 Å². The van der Waals surface area contributed by atoms with Crippen molar-refractivity contribution in [1.29, 1.82) is 0 Å². The topological polar surface area (TPSA) is 87.5 Å². The predicted molar refractivity (Wildman–Crippen MR) is 94.7 cm³/mol. The van der Waals surface area contributed by atoms with Gasteiger partial charge in [0.05, 0.1) is 29.5 Å². The van der Waals surface area contributed by atoms with E-state index in [1.54, 1.807) is 11.1 Å². The van der Waals surface area contributed by atoms with Gasteiger partial charge in [-0.15, -0.1) is 0 Å². The molecule has 1 atom stereocenters. The van der Waals surface area contributed by atoms with Crippen molar-refractivity contribution in [3.05, 3.63) is 11.9 Å². The lowest BCUT2D eigenvalue weighted by Crippen LogP contribution is -2.44. The molecule has 2 amide bonds. The Balaban J connectivity index is 1.71. The van der Waals surface area contributed by atoms with E-state index < -0.39 is 11.9 Å². The van der Waals surface area contributed by atoms with Crippen molar-refractivity contribution in [2.45, 2.75) is 64.3 Å². The van der Waals surface area contributed by atoms with Gasteiger partial charge < -0.3 is 15.3 Å². The van der Waals surface area contributed by atoms with E-state index in [4.69, 9.17) is 0 Å². The molecule has 1 aliphatic carbocycles. The van der Waals surface area contributed by atoms with Crippen LogP contribution < -0.4 is 5.32 Å². The van der Waals surface area contributed by atoms with Crippen molar-refractivity contribution >= 4 is 17.7 Å². The van der Waals surface area contributed by atoms with Crippen LogP contribution in [0.5, 0.6) is 0 Å². The van der Waals surface area contributed by atoms with Crippen molar-refractivity contribution in [1.82, 2.24) is 14.7 Å². The number of hydrogen-bond donors (Lipinski definition) is 2. The van der Waals surface area contributed by atoms with Gasteiger partial charge in [-0.1, -0.05) is 26.2 Å². The fourth-order valence-electron chi connectivity index (χ4n) is 4.00. The first kappa shape index (κ1) is 17.8. The SMILES string of the molecule is CCCc1c(NC(=O)N2CCC[C@@H](C(=O)O)C2)cnn1C1CCCC1. The quantitative estimate of drug-likeness (QED) is 0.855. The number of urea groups is 1. The first-order chi connectivity index (χ1) is 12.1. The minimum atomic E-state index is -0.821. The van der Waals surface area contributed by atoms with E-state index >= 15 is 0 Å². The lowest BCUT2D eigenvalue weighted by Gasteiger charge is -2.30. The number of rotatable bonds is 5. The fourth-order valence-corrected chi connectivity index (χ4v) is 4.00. The highest BCUT2D eigenvalue weighted by Gasteiger charge is 2.29. The average Bonchev–Trinajstić information content (AvgIpc) is 3.26. The van der Waals surface area contributed by atoms with Crippen LogP contribution in [-0.4, -0.2) is 44.9 Å². The Morgan fingerprint density at radius 1 is 1.28 bits per heavy atom. The second-order valence-corrected chi connectivity index (χ2v) is 7.19. The smallest absolute Gasteiger partial charge is 0.321 e. The molecule has 7 nitrogen and oxygen atoms in total. The molecule has 0 aromatic carbocycles. The monoisotopic (exact) mass is 348 g/mol. The van der Waals surface area contributed by atoms with E-state index in [0.29, 0.717) is 19.0 Å². The van der Waals surface area contributed by atoms with Gasteiger partial charge in [0, 0.05) is 13.1 Å². The van der Waals surface area contributed by atoms with Crippen LogP contribution in [0.2, 0.25) is 0 Å². The van der Waals surface area contributed by atoms with E-state index in [0.717, 1.165) is 43.5 Å². The summed E-state index contributed by atoms with van der Waals surface area (Å²) in [6.07, 6.45) is 9.77. The molecule has 2 fully saturated rings. The lowest BCUT2D eigenvalue weighted by atomic mass is 9.99. The highest BCUT2D eigenvalue weighted by atomic mass is 16.4. The standard InChI is InChI=1S/C18H28N4O3/c1-2-6-16-15(11-19-22(16)14-8-3-4-9-14)20-18(25)21-10-5-7-13(12-21)17(23)24/h11,13-14H,2-10,12H2,1H3,(H,20,25)(H,23,24)/t13-/m1/s1. The van der Waals surface area contributed by atoms with Crippen LogP contribution in [0.4, 0.5) is 10.5 Å². The molecule has 138 valence electrons. The first-order valence-corrected chi connectivity index (χ1v) is 9.45. The second kappa shape index (κ2) is 7.89. The van der Waals surface area contributed by atoms with Gasteiger partial charge in [-0.2, -0.15) is 5.10 Å². The highest BCUT2D eigenvalue weighted by Crippen LogP contribution is 2.32. The van der Waals surface area contributed by atoms with Gasteiger partial charge in [0.2, 0.25) is 0 Å². The fraction of sp³-hybridized carbons (Fsp3) is 0.722. The Hall–Kier alpha value is -2.05. The summed E-state index contributed by atoms with van der Waals surface area (Å²) in [5, 5.41) is 16.7. The number of carboxylic acid groups (broad SMARTS) is 1. The maximum Gasteiger partial charge on any atom is 0.321 e. The number of nitrogens with zero attached hydrogens (tertiary/aromatic N) is 3. The Morgan fingerprint density at radius 2 is 2.04 bits per heavy atom. The van der Waals surface area contributed by atoms with Crippen LogP contribution in [-0.2, 0) is 11.2 Å². The van der Waals surface area contributed by atoms with Crippen molar-refractivity contribution in [3.63, 3.8) is 0 Å². The molecular weight excluding hydrogens is 320 g/mol. The number of aliphatic carboxylic acids is 1. The van der Waals surface area contributed by atoms with Crippen molar-refractivity contribution in [3.8, 4) is 0 Å². The lowest BCUT2D eigenvalue weighted by molar-refractivity contribution is -0.143. The predicted octanol–water partition coefficient (Wildman–Crippen LogP) is 3.28. The third kappa shape index (κ3) is 3.96. The van der Waals surface area contributed by atoms with Gasteiger partial charge >= 0.3 is 12.0 Å². The number of carbonyl (C=O) groups is 2. The summed E-state index contributed by atoms with van der Waals surface area (Å²) >= 11 is 0. The van der Waals surface area contributed by atoms with Gasteiger partial charge in [-0.3, -0.25) is 9.48 Å². The maximum absolute atomic E-state index is 12.6. The molecule has 2 heterocycles. The van der Waals surface area contributed by atoms with Crippen LogP contribution in [0, 0.1) is 5.92 Å². The summed E-state index contributed by atoms with van der Waals surface area (Å²) in [5.74, 6) is -1.28. The number of likely N-dealkylation sites (tertiary alicyclic amines) is 1. The molecule has 0 unspecified atom stereocenters. The largest absolute Gasteiger partial charge is 0.481 e.